The molecule has 0 aromatic heterocycles. The third kappa shape index (κ3) is 4.39. The van der Waals surface area contributed by atoms with Crippen LogP contribution in [0.4, 0.5) is 5.69 Å². The minimum Gasteiger partial charge on any atom is -0.494 e. The van der Waals surface area contributed by atoms with Crippen molar-refractivity contribution in [2.24, 2.45) is 0 Å². The molecule has 0 saturated heterocycles. The summed E-state index contributed by atoms with van der Waals surface area (Å²) in [4.78, 5) is 12.0. The van der Waals surface area contributed by atoms with Crippen LogP contribution >= 0.6 is 11.6 Å². The molecule has 2 aromatic rings. The van der Waals surface area contributed by atoms with Crippen LogP contribution in [0.2, 0.25) is 5.02 Å². The number of carbonyl (C=O) groups is 1. The Balaban J connectivity index is 2.06. The van der Waals surface area contributed by atoms with Gasteiger partial charge < -0.3 is 15.2 Å². The second-order valence-electron chi connectivity index (χ2n) is 4.43. The Morgan fingerprint density at radius 3 is 2.76 bits per heavy atom. The molecule has 0 aliphatic carbocycles. The number of benzene rings is 2. The fourth-order valence-electron chi connectivity index (χ4n) is 1.85. The number of ether oxygens (including phenoxy) is 2. The zero-order chi connectivity index (χ0) is 15.2. The summed E-state index contributed by atoms with van der Waals surface area (Å²) >= 11 is 5.88. The minimum atomic E-state index is -0.455. The topological polar surface area (TPSA) is 61.5 Å². The third-order valence-electron chi connectivity index (χ3n) is 2.73. The number of nitrogens with two attached hydrogens (primary N) is 1. The molecular weight excluding hydrogens is 290 g/mol. The highest BCUT2D eigenvalue weighted by Gasteiger charge is 2.10. The number of nitrogen functional groups attached to an aromatic ring is 1. The van der Waals surface area contributed by atoms with Gasteiger partial charge in [0.05, 0.1) is 12.2 Å². The zero-order valence-electron chi connectivity index (χ0n) is 11.6. The molecule has 0 unspecified atom stereocenters. The van der Waals surface area contributed by atoms with Crippen LogP contribution in [0.5, 0.6) is 5.75 Å². The normalized spacial score (nSPS) is 10.2. The smallest absolute Gasteiger partial charge is 0.338 e. The largest absolute Gasteiger partial charge is 0.494 e. The Kier molecular flexibility index (Phi) is 5.06. The van der Waals surface area contributed by atoms with Crippen LogP contribution < -0.4 is 10.5 Å². The predicted octanol–water partition coefficient (Wildman–Crippen LogP) is 3.68. The lowest BCUT2D eigenvalue weighted by Gasteiger charge is -2.09. The Bertz CT molecular complexity index is 643. The summed E-state index contributed by atoms with van der Waals surface area (Å²) in [6.07, 6.45) is 0. The SMILES string of the molecule is CCOc1cc(N)cc(C(=O)OCc2cccc(Cl)c2)c1. The van der Waals surface area contributed by atoms with Crippen molar-refractivity contribution in [2.45, 2.75) is 13.5 Å². The Hall–Kier alpha value is -2.20. The van der Waals surface area contributed by atoms with Gasteiger partial charge in [0.25, 0.3) is 0 Å². The number of esters is 1. The van der Waals surface area contributed by atoms with E-state index in [2.05, 4.69) is 0 Å². The number of anilines is 1. The predicted molar refractivity (Wildman–Crippen MR) is 82.6 cm³/mol. The molecule has 2 aromatic carbocycles. The lowest BCUT2D eigenvalue weighted by atomic mass is 10.2. The van der Waals surface area contributed by atoms with Gasteiger partial charge in [-0.05, 0) is 36.8 Å². The van der Waals surface area contributed by atoms with Crippen LogP contribution in [-0.4, -0.2) is 12.6 Å². The molecule has 0 atom stereocenters. The van der Waals surface area contributed by atoms with Gasteiger partial charge in [-0.3, -0.25) is 0 Å². The van der Waals surface area contributed by atoms with Crippen molar-refractivity contribution in [3.05, 3.63) is 58.6 Å². The van der Waals surface area contributed by atoms with E-state index in [-0.39, 0.29) is 6.61 Å². The fraction of sp³-hybridized carbons (Fsp3) is 0.188. The first-order chi connectivity index (χ1) is 10.1. The van der Waals surface area contributed by atoms with Crippen molar-refractivity contribution in [1.82, 2.24) is 0 Å². The average molecular weight is 306 g/mol. The van der Waals surface area contributed by atoms with Gasteiger partial charge in [0.2, 0.25) is 0 Å². The molecule has 0 fully saturated rings. The van der Waals surface area contributed by atoms with Gasteiger partial charge in [0.1, 0.15) is 12.4 Å². The van der Waals surface area contributed by atoms with E-state index < -0.39 is 5.97 Å². The van der Waals surface area contributed by atoms with E-state index >= 15 is 0 Å². The molecule has 0 heterocycles. The Morgan fingerprint density at radius 1 is 1.24 bits per heavy atom. The Labute approximate surface area is 128 Å². The average Bonchev–Trinajstić information content (AvgIpc) is 2.44. The lowest BCUT2D eigenvalue weighted by Crippen LogP contribution is -2.06. The van der Waals surface area contributed by atoms with E-state index in [0.717, 1.165) is 5.56 Å². The van der Waals surface area contributed by atoms with Crippen molar-refractivity contribution in [1.29, 1.82) is 0 Å². The molecular formula is C16H16ClNO3. The van der Waals surface area contributed by atoms with Crippen LogP contribution in [0.25, 0.3) is 0 Å². The van der Waals surface area contributed by atoms with E-state index in [1.54, 1.807) is 36.4 Å². The van der Waals surface area contributed by atoms with Gasteiger partial charge in [-0.15, -0.1) is 0 Å². The van der Waals surface area contributed by atoms with Crippen LogP contribution in [0.15, 0.2) is 42.5 Å². The maximum absolute atomic E-state index is 12.0. The number of hydrogen-bond acceptors (Lipinski definition) is 4. The van der Waals surface area contributed by atoms with Crippen molar-refractivity contribution >= 4 is 23.3 Å². The van der Waals surface area contributed by atoms with Crippen LogP contribution in [0.1, 0.15) is 22.8 Å². The first-order valence-electron chi connectivity index (χ1n) is 6.53. The molecule has 21 heavy (non-hydrogen) atoms. The molecule has 110 valence electrons. The number of halogens is 1. The van der Waals surface area contributed by atoms with Gasteiger partial charge in [0, 0.05) is 16.8 Å². The van der Waals surface area contributed by atoms with Gasteiger partial charge >= 0.3 is 5.97 Å². The standard InChI is InChI=1S/C16H16ClNO3/c1-2-20-15-8-12(7-14(18)9-15)16(19)21-10-11-4-3-5-13(17)6-11/h3-9H,2,10,18H2,1H3. The van der Waals surface area contributed by atoms with Crippen molar-refractivity contribution in [3.8, 4) is 5.75 Å². The van der Waals surface area contributed by atoms with Crippen molar-refractivity contribution in [2.75, 3.05) is 12.3 Å². The molecule has 0 radical (unpaired) electrons. The lowest BCUT2D eigenvalue weighted by molar-refractivity contribution is 0.0472. The molecule has 5 heteroatoms. The quantitative estimate of drug-likeness (QED) is 0.676. The molecule has 2 N–H and O–H groups in total. The first-order valence-corrected chi connectivity index (χ1v) is 6.91. The van der Waals surface area contributed by atoms with Crippen LogP contribution in [0.3, 0.4) is 0 Å². The highest BCUT2D eigenvalue weighted by Crippen LogP contribution is 2.20. The molecule has 0 spiro atoms. The number of carbonyl (C=O) groups excluding carboxylic acids is 1. The summed E-state index contributed by atoms with van der Waals surface area (Å²) in [5, 5.41) is 0.603. The van der Waals surface area contributed by atoms with E-state index in [1.807, 2.05) is 13.0 Å². The monoisotopic (exact) mass is 305 g/mol. The number of rotatable bonds is 5. The summed E-state index contributed by atoms with van der Waals surface area (Å²) in [5.41, 5.74) is 7.39. The zero-order valence-corrected chi connectivity index (χ0v) is 12.4. The third-order valence-corrected chi connectivity index (χ3v) is 2.97. The molecule has 2 rings (SSSR count). The van der Waals surface area contributed by atoms with E-state index in [4.69, 9.17) is 26.8 Å². The maximum Gasteiger partial charge on any atom is 0.338 e. The maximum atomic E-state index is 12.0. The number of hydrogen-bond donors (Lipinski definition) is 1. The first kappa shape index (κ1) is 15.2. The van der Waals surface area contributed by atoms with E-state index in [0.29, 0.717) is 28.6 Å². The highest BCUT2D eigenvalue weighted by atomic mass is 35.5. The van der Waals surface area contributed by atoms with Gasteiger partial charge in [-0.25, -0.2) is 4.79 Å². The molecule has 0 saturated carbocycles. The second kappa shape index (κ2) is 6.99. The summed E-state index contributed by atoms with van der Waals surface area (Å²) in [5.74, 6) is 0.0930. The van der Waals surface area contributed by atoms with Gasteiger partial charge in [0.15, 0.2) is 0 Å². The minimum absolute atomic E-state index is 0.151. The van der Waals surface area contributed by atoms with Gasteiger partial charge in [-0.1, -0.05) is 23.7 Å². The van der Waals surface area contributed by atoms with Crippen molar-refractivity contribution < 1.29 is 14.3 Å². The second-order valence-corrected chi connectivity index (χ2v) is 4.87. The van der Waals surface area contributed by atoms with E-state index in [1.165, 1.54) is 0 Å². The fourth-order valence-corrected chi connectivity index (χ4v) is 2.06. The summed E-state index contributed by atoms with van der Waals surface area (Å²) in [7, 11) is 0. The summed E-state index contributed by atoms with van der Waals surface area (Å²) in [6, 6.07) is 12.0. The Morgan fingerprint density at radius 2 is 2.05 bits per heavy atom. The van der Waals surface area contributed by atoms with Crippen LogP contribution in [0, 0.1) is 0 Å². The molecule has 0 amide bonds. The highest BCUT2D eigenvalue weighted by molar-refractivity contribution is 6.30. The summed E-state index contributed by atoms with van der Waals surface area (Å²) < 4.78 is 10.6. The van der Waals surface area contributed by atoms with Gasteiger partial charge in [-0.2, -0.15) is 0 Å². The molecule has 0 aliphatic rings. The molecule has 0 bridgehead atoms. The molecule has 4 nitrogen and oxygen atoms in total. The summed E-state index contributed by atoms with van der Waals surface area (Å²) in [6.45, 7) is 2.51. The van der Waals surface area contributed by atoms with Crippen LogP contribution in [-0.2, 0) is 11.3 Å². The molecule has 0 aliphatic heterocycles. The van der Waals surface area contributed by atoms with Crippen molar-refractivity contribution in [3.63, 3.8) is 0 Å². The van der Waals surface area contributed by atoms with E-state index in [9.17, 15) is 4.79 Å².